The van der Waals surface area contributed by atoms with Gasteiger partial charge in [-0.3, -0.25) is 14.4 Å². The number of phenols is 1. The highest BCUT2D eigenvalue weighted by atomic mass is 16.5. The number of aromatic hydroxyl groups is 1. The number of rotatable bonds is 7. The van der Waals surface area contributed by atoms with E-state index in [-0.39, 0.29) is 24.6 Å². The molecule has 1 aliphatic heterocycles. The van der Waals surface area contributed by atoms with Gasteiger partial charge in [-0.1, -0.05) is 12.1 Å². The largest absolute Gasteiger partial charge is 0.508 e. The fourth-order valence-electron chi connectivity index (χ4n) is 3.77. The first-order chi connectivity index (χ1) is 16.3. The van der Waals surface area contributed by atoms with Gasteiger partial charge in [0.05, 0.1) is 12.4 Å². The number of amides is 2. The van der Waals surface area contributed by atoms with E-state index in [0.29, 0.717) is 5.56 Å². The van der Waals surface area contributed by atoms with Gasteiger partial charge in [-0.05, 0) is 55.8 Å². The van der Waals surface area contributed by atoms with Gasteiger partial charge in [0, 0.05) is 30.1 Å². The van der Waals surface area contributed by atoms with Crippen LogP contribution in [0, 0.1) is 0 Å². The van der Waals surface area contributed by atoms with Gasteiger partial charge in [-0.25, -0.2) is 4.98 Å². The summed E-state index contributed by atoms with van der Waals surface area (Å²) in [5.41, 5.74) is 0.781. The maximum absolute atomic E-state index is 13.2. The minimum absolute atomic E-state index is 0.0732. The van der Waals surface area contributed by atoms with Gasteiger partial charge in [0.15, 0.2) is 5.78 Å². The predicted octanol–water partition coefficient (Wildman–Crippen LogP) is 1.78. The Morgan fingerprint density at radius 2 is 1.91 bits per heavy atom. The number of hydrogen-bond acceptors (Lipinski definition) is 6. The highest BCUT2D eigenvalue weighted by molar-refractivity contribution is 6.00. The summed E-state index contributed by atoms with van der Waals surface area (Å²) in [4.78, 5) is 42.6. The second-order valence-electron chi connectivity index (χ2n) is 8.48. The molecule has 1 fully saturated rings. The molecule has 0 spiro atoms. The molecule has 9 heteroatoms. The van der Waals surface area contributed by atoms with Crippen LogP contribution in [0.2, 0.25) is 0 Å². The van der Waals surface area contributed by atoms with Crippen LogP contribution in [0.25, 0.3) is 5.69 Å². The molecule has 3 unspecified atom stereocenters. The van der Waals surface area contributed by atoms with Gasteiger partial charge in [-0.2, -0.15) is 0 Å². The van der Waals surface area contributed by atoms with Gasteiger partial charge in [0.2, 0.25) is 5.91 Å². The van der Waals surface area contributed by atoms with Crippen LogP contribution in [0.3, 0.4) is 0 Å². The molecule has 1 aromatic heterocycles. The topological polar surface area (TPSA) is 123 Å². The SMILES string of the molecule is CC1OCC(=O)C1(C)NC(=O)C(Cc1ccc(O)cc1)NC(=O)c1ccc(-n2ccnc2)cc1. The normalized spacial score (nSPS) is 20.6. The molecule has 34 heavy (non-hydrogen) atoms. The second-order valence-corrected chi connectivity index (χ2v) is 8.48. The summed E-state index contributed by atoms with van der Waals surface area (Å²) in [5.74, 6) is -1.05. The molecule has 9 nitrogen and oxygen atoms in total. The number of carbonyl (C=O) groups excluding carboxylic acids is 3. The lowest BCUT2D eigenvalue weighted by molar-refractivity contribution is -0.130. The van der Waals surface area contributed by atoms with Crippen LogP contribution in [-0.4, -0.2) is 56.5 Å². The zero-order chi connectivity index (χ0) is 24.3. The third-order valence-electron chi connectivity index (χ3n) is 6.17. The molecule has 3 aromatic rings. The Morgan fingerprint density at radius 1 is 1.21 bits per heavy atom. The molecule has 2 heterocycles. The molecular weight excluding hydrogens is 436 g/mol. The van der Waals surface area contributed by atoms with Gasteiger partial charge in [0.1, 0.15) is 23.9 Å². The van der Waals surface area contributed by atoms with Crippen molar-refractivity contribution in [3.63, 3.8) is 0 Å². The van der Waals surface area contributed by atoms with Crippen molar-refractivity contribution < 1.29 is 24.2 Å². The molecule has 3 N–H and O–H groups in total. The lowest BCUT2D eigenvalue weighted by Crippen LogP contribution is -2.60. The first-order valence-electron chi connectivity index (χ1n) is 10.9. The van der Waals surface area contributed by atoms with Crippen molar-refractivity contribution in [3.8, 4) is 11.4 Å². The Morgan fingerprint density at radius 3 is 2.50 bits per heavy atom. The molecule has 0 saturated carbocycles. The Balaban J connectivity index is 1.53. The van der Waals surface area contributed by atoms with E-state index in [2.05, 4.69) is 15.6 Å². The number of ketones is 1. The van der Waals surface area contributed by atoms with Crippen LogP contribution in [0.1, 0.15) is 29.8 Å². The fraction of sp³-hybridized carbons (Fsp3) is 0.280. The summed E-state index contributed by atoms with van der Waals surface area (Å²) in [7, 11) is 0. The maximum atomic E-state index is 13.2. The average Bonchev–Trinajstić information content (AvgIpc) is 3.45. The van der Waals surface area contributed by atoms with Crippen LogP contribution in [0.5, 0.6) is 5.75 Å². The van der Waals surface area contributed by atoms with E-state index >= 15 is 0 Å². The highest BCUT2D eigenvalue weighted by Gasteiger charge is 2.47. The molecule has 2 amide bonds. The monoisotopic (exact) mass is 462 g/mol. The number of nitrogens with zero attached hydrogens (tertiary/aromatic N) is 2. The summed E-state index contributed by atoms with van der Waals surface area (Å²) in [5, 5.41) is 15.1. The highest BCUT2D eigenvalue weighted by Crippen LogP contribution is 2.22. The van der Waals surface area contributed by atoms with Gasteiger partial charge < -0.3 is 25.0 Å². The van der Waals surface area contributed by atoms with Crippen molar-refractivity contribution in [2.75, 3.05) is 6.61 Å². The van der Waals surface area contributed by atoms with Crippen LogP contribution in [0.15, 0.2) is 67.3 Å². The van der Waals surface area contributed by atoms with E-state index in [9.17, 15) is 19.5 Å². The summed E-state index contributed by atoms with van der Waals surface area (Å²) in [6.45, 7) is 3.27. The van der Waals surface area contributed by atoms with E-state index in [0.717, 1.165) is 11.3 Å². The van der Waals surface area contributed by atoms with E-state index in [1.165, 1.54) is 12.1 Å². The maximum Gasteiger partial charge on any atom is 0.251 e. The molecule has 0 radical (unpaired) electrons. The third-order valence-corrected chi connectivity index (χ3v) is 6.17. The number of benzene rings is 2. The van der Waals surface area contributed by atoms with E-state index in [4.69, 9.17) is 4.74 Å². The molecule has 1 aliphatic rings. The number of carbonyl (C=O) groups is 3. The molecule has 0 aliphatic carbocycles. The standard InChI is InChI=1S/C25H26N4O5/c1-16-25(2,22(31)14-34-16)28-24(33)21(13-17-3-9-20(30)10-4-17)27-23(32)18-5-7-19(8-6-18)29-12-11-26-15-29/h3-12,15-16,21,30H,13-14H2,1-2H3,(H,27,32)(H,28,33). The molecule has 1 saturated heterocycles. The third kappa shape index (κ3) is 4.84. The molecule has 4 rings (SSSR count). The van der Waals surface area contributed by atoms with E-state index < -0.39 is 29.5 Å². The lowest BCUT2D eigenvalue weighted by atomic mass is 9.92. The predicted molar refractivity (Wildman–Crippen MR) is 124 cm³/mol. The molecular formula is C25H26N4O5. The van der Waals surface area contributed by atoms with Gasteiger partial charge in [-0.15, -0.1) is 0 Å². The van der Waals surface area contributed by atoms with Crippen molar-refractivity contribution in [2.24, 2.45) is 0 Å². The Kier molecular flexibility index (Phi) is 6.47. The first kappa shape index (κ1) is 23.2. The van der Waals surface area contributed by atoms with E-state index in [1.807, 2.05) is 4.57 Å². The Labute approximate surface area is 196 Å². The smallest absolute Gasteiger partial charge is 0.251 e. The van der Waals surface area contributed by atoms with Crippen molar-refractivity contribution in [1.82, 2.24) is 20.2 Å². The molecule has 3 atom stereocenters. The van der Waals surface area contributed by atoms with Gasteiger partial charge >= 0.3 is 0 Å². The number of aromatic nitrogens is 2. The first-order valence-corrected chi connectivity index (χ1v) is 10.9. The quantitative estimate of drug-likeness (QED) is 0.492. The number of Topliss-reactive ketones (excluding diaryl/α,β-unsaturated/α-hetero) is 1. The second kappa shape index (κ2) is 9.48. The van der Waals surface area contributed by atoms with Crippen molar-refractivity contribution in [1.29, 1.82) is 0 Å². The number of phenolic OH excluding ortho intramolecular Hbond substituents is 1. The van der Waals surface area contributed by atoms with Crippen molar-refractivity contribution in [3.05, 3.63) is 78.4 Å². The minimum Gasteiger partial charge on any atom is -0.508 e. The van der Waals surface area contributed by atoms with Gasteiger partial charge in [0.25, 0.3) is 5.91 Å². The summed E-state index contributed by atoms with van der Waals surface area (Å²) in [6.07, 6.45) is 4.79. The Hall–Kier alpha value is -3.98. The summed E-state index contributed by atoms with van der Waals surface area (Å²) < 4.78 is 7.21. The lowest BCUT2D eigenvalue weighted by Gasteiger charge is -2.30. The zero-order valence-electron chi connectivity index (χ0n) is 18.9. The summed E-state index contributed by atoms with van der Waals surface area (Å²) >= 11 is 0. The number of hydrogen-bond donors (Lipinski definition) is 3. The number of ether oxygens (including phenoxy) is 1. The molecule has 176 valence electrons. The average molecular weight is 463 g/mol. The van der Waals surface area contributed by atoms with Crippen LogP contribution >= 0.6 is 0 Å². The van der Waals surface area contributed by atoms with Crippen LogP contribution in [-0.2, 0) is 20.7 Å². The van der Waals surface area contributed by atoms with Crippen LogP contribution < -0.4 is 10.6 Å². The zero-order valence-corrected chi connectivity index (χ0v) is 18.9. The van der Waals surface area contributed by atoms with Crippen molar-refractivity contribution in [2.45, 2.75) is 38.0 Å². The number of nitrogens with one attached hydrogen (secondary N) is 2. The van der Waals surface area contributed by atoms with Crippen LogP contribution in [0.4, 0.5) is 0 Å². The fourth-order valence-corrected chi connectivity index (χ4v) is 3.77. The molecule has 0 bridgehead atoms. The minimum atomic E-state index is -1.18. The molecule has 2 aromatic carbocycles. The number of imidazole rings is 1. The summed E-state index contributed by atoms with van der Waals surface area (Å²) in [6, 6.07) is 12.3. The van der Waals surface area contributed by atoms with Crippen molar-refractivity contribution >= 4 is 17.6 Å². The Bertz CT molecular complexity index is 1180. The van der Waals surface area contributed by atoms with E-state index in [1.54, 1.807) is 69.0 Å².